The molecule has 0 spiro atoms. The molecule has 0 aromatic heterocycles. The molecule has 0 N–H and O–H groups in total. The van der Waals surface area contributed by atoms with Crippen LogP contribution in [0.2, 0.25) is 0 Å². The molecule has 2 aromatic carbocycles. The summed E-state index contributed by atoms with van der Waals surface area (Å²) in [5, 5.41) is 2.56. The third kappa shape index (κ3) is 1.61. The minimum atomic E-state index is 1.22. The van der Waals surface area contributed by atoms with Gasteiger partial charge in [-0.2, -0.15) is 0 Å². The highest BCUT2D eigenvalue weighted by Crippen LogP contribution is 2.18. The van der Waals surface area contributed by atoms with Crippen LogP contribution in [0.4, 0.5) is 0 Å². The van der Waals surface area contributed by atoms with Crippen LogP contribution in [0.25, 0.3) is 16.8 Å². The standard InChI is InChI=1S/C14H12/c1-2-3-7-12-9-6-10-13-8-4-5-11-14(12)13/h2,4-11H,1H3. The van der Waals surface area contributed by atoms with Gasteiger partial charge in [0.05, 0.1) is 0 Å². The molecule has 0 aliphatic rings. The first-order valence-electron chi connectivity index (χ1n) is 4.76. The molecule has 0 aliphatic heterocycles. The van der Waals surface area contributed by atoms with Crippen molar-refractivity contribution in [2.24, 2.45) is 0 Å². The molecule has 0 atom stereocenters. The smallest absolute Gasteiger partial charge is 0.0101 e. The minimum absolute atomic E-state index is 1.22. The number of hydrogen-bond acceptors (Lipinski definition) is 0. The summed E-state index contributed by atoms with van der Waals surface area (Å²) >= 11 is 0. The van der Waals surface area contributed by atoms with E-state index < -0.39 is 0 Å². The average Bonchev–Trinajstić information content (AvgIpc) is 2.26. The van der Waals surface area contributed by atoms with Crippen LogP contribution in [-0.4, -0.2) is 0 Å². The van der Waals surface area contributed by atoms with Gasteiger partial charge in [-0.25, -0.2) is 0 Å². The fourth-order valence-electron chi connectivity index (χ4n) is 1.55. The van der Waals surface area contributed by atoms with Gasteiger partial charge in [-0.1, -0.05) is 42.5 Å². The van der Waals surface area contributed by atoms with E-state index in [0.29, 0.717) is 0 Å². The van der Waals surface area contributed by atoms with E-state index in [-0.39, 0.29) is 0 Å². The van der Waals surface area contributed by atoms with Crippen molar-refractivity contribution in [2.45, 2.75) is 6.92 Å². The Kier molecular flexibility index (Phi) is 2.48. The molecule has 0 nitrogen and oxygen atoms in total. The highest BCUT2D eigenvalue weighted by atomic mass is 14.0. The van der Waals surface area contributed by atoms with E-state index in [0.717, 1.165) is 0 Å². The van der Waals surface area contributed by atoms with Gasteiger partial charge < -0.3 is 0 Å². The van der Waals surface area contributed by atoms with Gasteiger partial charge in [0.1, 0.15) is 0 Å². The van der Waals surface area contributed by atoms with E-state index in [9.17, 15) is 0 Å². The molecular weight excluding hydrogens is 168 g/mol. The number of hydrogen-bond donors (Lipinski definition) is 0. The molecular formula is C14H12. The second-order valence-corrected chi connectivity index (χ2v) is 3.17. The summed E-state index contributed by atoms with van der Waals surface area (Å²) in [6.45, 7) is 1.97. The first-order valence-corrected chi connectivity index (χ1v) is 4.76. The zero-order valence-electron chi connectivity index (χ0n) is 8.20. The number of fused-ring (bicyclic) bond motifs is 1. The van der Waals surface area contributed by atoms with Crippen molar-refractivity contribution < 1.29 is 0 Å². The van der Waals surface area contributed by atoms with Crippen LogP contribution < -0.4 is 0 Å². The van der Waals surface area contributed by atoms with Crippen LogP contribution in [0.3, 0.4) is 0 Å². The topological polar surface area (TPSA) is 0 Å². The Labute approximate surface area is 84.2 Å². The van der Waals surface area contributed by atoms with E-state index in [1.807, 2.05) is 19.1 Å². The monoisotopic (exact) mass is 180 g/mol. The molecule has 0 amide bonds. The van der Waals surface area contributed by atoms with Gasteiger partial charge in [0.2, 0.25) is 0 Å². The molecule has 0 radical (unpaired) electrons. The molecule has 0 saturated carbocycles. The molecule has 14 heavy (non-hydrogen) atoms. The SMILES string of the molecule is CC=C=Cc1cccc2ccccc12. The van der Waals surface area contributed by atoms with E-state index in [2.05, 4.69) is 48.2 Å². The predicted molar refractivity (Wildman–Crippen MR) is 62.2 cm³/mol. The molecule has 0 fully saturated rings. The molecule has 2 rings (SSSR count). The molecule has 68 valence electrons. The van der Waals surface area contributed by atoms with Crippen molar-refractivity contribution in [3.63, 3.8) is 0 Å². The summed E-state index contributed by atoms with van der Waals surface area (Å²) in [7, 11) is 0. The van der Waals surface area contributed by atoms with Crippen molar-refractivity contribution >= 4 is 16.8 Å². The van der Waals surface area contributed by atoms with Gasteiger partial charge in [0.15, 0.2) is 0 Å². The lowest BCUT2D eigenvalue weighted by Gasteiger charge is -1.99. The Morgan fingerprint density at radius 2 is 1.79 bits per heavy atom. The zero-order valence-corrected chi connectivity index (χ0v) is 8.20. The van der Waals surface area contributed by atoms with E-state index >= 15 is 0 Å². The third-order valence-corrected chi connectivity index (χ3v) is 2.23. The molecule has 0 saturated heterocycles. The zero-order chi connectivity index (χ0) is 9.80. The second-order valence-electron chi connectivity index (χ2n) is 3.17. The van der Waals surface area contributed by atoms with Crippen molar-refractivity contribution in [2.75, 3.05) is 0 Å². The maximum atomic E-state index is 3.11. The van der Waals surface area contributed by atoms with Crippen LogP contribution in [0, 0.1) is 0 Å². The Bertz CT molecular complexity index is 495. The first-order chi connectivity index (χ1) is 6.92. The Balaban J connectivity index is 2.71. The lowest BCUT2D eigenvalue weighted by Crippen LogP contribution is -1.76. The van der Waals surface area contributed by atoms with Crippen LogP contribution in [0.5, 0.6) is 0 Å². The number of allylic oxidation sites excluding steroid dienone is 1. The van der Waals surface area contributed by atoms with Crippen molar-refractivity contribution in [3.8, 4) is 0 Å². The van der Waals surface area contributed by atoms with Gasteiger partial charge in [0, 0.05) is 0 Å². The molecule has 2 aromatic rings. The van der Waals surface area contributed by atoms with Crippen molar-refractivity contribution in [1.29, 1.82) is 0 Å². The summed E-state index contributed by atoms with van der Waals surface area (Å²) in [4.78, 5) is 0. The van der Waals surface area contributed by atoms with Gasteiger partial charge >= 0.3 is 0 Å². The molecule has 0 heterocycles. The van der Waals surface area contributed by atoms with Crippen molar-refractivity contribution in [1.82, 2.24) is 0 Å². The number of rotatable bonds is 1. The highest BCUT2D eigenvalue weighted by Gasteiger charge is 1.94. The van der Waals surface area contributed by atoms with Crippen LogP contribution in [0.15, 0.2) is 54.3 Å². The minimum Gasteiger partial charge on any atom is -0.125 e. The summed E-state index contributed by atoms with van der Waals surface area (Å²) in [5.74, 6) is 0. The Morgan fingerprint density at radius 1 is 1.00 bits per heavy atom. The molecule has 0 bridgehead atoms. The summed E-state index contributed by atoms with van der Waals surface area (Å²) < 4.78 is 0. The average molecular weight is 180 g/mol. The lowest BCUT2D eigenvalue weighted by molar-refractivity contribution is 1.71. The fraction of sp³-hybridized carbons (Fsp3) is 0.0714. The van der Waals surface area contributed by atoms with Crippen LogP contribution in [-0.2, 0) is 0 Å². The van der Waals surface area contributed by atoms with E-state index in [1.165, 1.54) is 16.3 Å². The predicted octanol–water partition coefficient (Wildman–Crippen LogP) is 4.03. The normalized spacial score (nSPS) is 9.50. The summed E-state index contributed by atoms with van der Waals surface area (Å²) in [6.07, 6.45) is 3.93. The molecule has 0 unspecified atom stereocenters. The Morgan fingerprint density at radius 3 is 2.64 bits per heavy atom. The maximum Gasteiger partial charge on any atom is -0.0101 e. The van der Waals surface area contributed by atoms with Gasteiger partial charge in [0.25, 0.3) is 0 Å². The Hall–Kier alpha value is -1.78. The van der Waals surface area contributed by atoms with Crippen LogP contribution in [0.1, 0.15) is 12.5 Å². The lowest BCUT2D eigenvalue weighted by atomic mass is 10.0. The van der Waals surface area contributed by atoms with E-state index in [1.54, 1.807) is 0 Å². The molecule has 0 heteroatoms. The second kappa shape index (κ2) is 3.95. The highest BCUT2D eigenvalue weighted by molar-refractivity contribution is 5.90. The van der Waals surface area contributed by atoms with Crippen LogP contribution >= 0.6 is 0 Å². The van der Waals surface area contributed by atoms with Gasteiger partial charge in [-0.05, 0) is 35.4 Å². The van der Waals surface area contributed by atoms with Gasteiger partial charge in [-0.15, -0.1) is 5.73 Å². The summed E-state index contributed by atoms with van der Waals surface area (Å²) in [6, 6.07) is 14.7. The summed E-state index contributed by atoms with van der Waals surface area (Å²) in [5.41, 5.74) is 4.33. The number of benzene rings is 2. The quantitative estimate of drug-likeness (QED) is 0.581. The van der Waals surface area contributed by atoms with Gasteiger partial charge in [-0.3, -0.25) is 0 Å². The first kappa shape index (κ1) is 8.80. The van der Waals surface area contributed by atoms with E-state index in [4.69, 9.17) is 0 Å². The molecule has 0 aliphatic carbocycles. The van der Waals surface area contributed by atoms with Crippen molar-refractivity contribution in [3.05, 3.63) is 59.8 Å². The third-order valence-electron chi connectivity index (χ3n) is 2.23. The fourth-order valence-corrected chi connectivity index (χ4v) is 1.55. The maximum absolute atomic E-state index is 3.11. The largest absolute Gasteiger partial charge is 0.125 e.